The lowest BCUT2D eigenvalue weighted by Crippen LogP contribution is -2.36. The predicted octanol–water partition coefficient (Wildman–Crippen LogP) is 1.48. The second-order valence-corrected chi connectivity index (χ2v) is 3.83. The lowest BCUT2D eigenvalue weighted by atomic mass is 10.1. The Morgan fingerprint density at radius 1 is 1.38 bits per heavy atom. The normalized spacial score (nSPS) is 15.8. The number of terminal acetylenes is 1. The summed E-state index contributed by atoms with van der Waals surface area (Å²) in [5.74, 6) is 3.67. The molecule has 3 nitrogen and oxygen atoms in total. The molecule has 1 aromatic heterocycles. The summed E-state index contributed by atoms with van der Waals surface area (Å²) >= 11 is 0. The summed E-state index contributed by atoms with van der Waals surface area (Å²) in [6, 6.07) is 4.17. The predicted molar refractivity (Wildman–Crippen MR) is 64.4 cm³/mol. The summed E-state index contributed by atoms with van der Waals surface area (Å²) in [6.07, 6.45) is 8.84. The van der Waals surface area contributed by atoms with Gasteiger partial charge in [0.05, 0.1) is 13.2 Å². The summed E-state index contributed by atoms with van der Waals surface area (Å²) in [6.45, 7) is 3.44. The number of aryl methyl sites for hydroxylation is 1. The maximum absolute atomic E-state index is 5.31. The van der Waals surface area contributed by atoms with Crippen molar-refractivity contribution in [1.82, 2.24) is 4.98 Å². The highest BCUT2D eigenvalue weighted by Crippen LogP contribution is 2.13. The molecular formula is C13H16N2O. The van der Waals surface area contributed by atoms with Gasteiger partial charge in [0.15, 0.2) is 0 Å². The molecule has 0 atom stereocenters. The molecule has 0 spiro atoms. The first kappa shape index (κ1) is 11.0. The minimum atomic E-state index is 0.776. The van der Waals surface area contributed by atoms with Crippen LogP contribution in [0.2, 0.25) is 0 Å². The van der Waals surface area contributed by atoms with E-state index in [4.69, 9.17) is 11.2 Å². The fraction of sp³-hybridized carbons (Fsp3) is 0.462. The van der Waals surface area contributed by atoms with Gasteiger partial charge in [-0.05, 0) is 18.1 Å². The first-order valence-electron chi connectivity index (χ1n) is 5.61. The number of anilines is 1. The third-order valence-corrected chi connectivity index (χ3v) is 2.70. The molecule has 0 aromatic carbocycles. The Balaban J connectivity index is 1.98. The summed E-state index contributed by atoms with van der Waals surface area (Å²) in [5.41, 5.74) is 1.20. The van der Waals surface area contributed by atoms with Gasteiger partial charge in [-0.3, -0.25) is 0 Å². The van der Waals surface area contributed by atoms with Crippen molar-refractivity contribution >= 4 is 5.82 Å². The van der Waals surface area contributed by atoms with Gasteiger partial charge in [-0.25, -0.2) is 4.98 Å². The average molecular weight is 216 g/mol. The van der Waals surface area contributed by atoms with E-state index < -0.39 is 0 Å². The SMILES string of the molecule is C#CCCc1ccc(N2CCOCC2)nc1. The summed E-state index contributed by atoms with van der Waals surface area (Å²) in [7, 11) is 0. The highest BCUT2D eigenvalue weighted by molar-refractivity contribution is 5.39. The number of pyridine rings is 1. The van der Waals surface area contributed by atoms with E-state index in [0.29, 0.717) is 0 Å². The zero-order valence-corrected chi connectivity index (χ0v) is 9.35. The van der Waals surface area contributed by atoms with Crippen molar-refractivity contribution < 1.29 is 4.74 Å². The van der Waals surface area contributed by atoms with Crippen LogP contribution in [0.3, 0.4) is 0 Å². The largest absolute Gasteiger partial charge is 0.378 e. The molecule has 1 aliphatic heterocycles. The van der Waals surface area contributed by atoms with Gasteiger partial charge in [0, 0.05) is 25.7 Å². The van der Waals surface area contributed by atoms with E-state index in [-0.39, 0.29) is 0 Å². The monoisotopic (exact) mass is 216 g/mol. The van der Waals surface area contributed by atoms with Crippen molar-refractivity contribution in [1.29, 1.82) is 0 Å². The van der Waals surface area contributed by atoms with Crippen LogP contribution in [-0.2, 0) is 11.2 Å². The number of nitrogens with zero attached hydrogens (tertiary/aromatic N) is 2. The van der Waals surface area contributed by atoms with Crippen molar-refractivity contribution in [3.63, 3.8) is 0 Å². The Labute approximate surface area is 96.4 Å². The number of hydrogen-bond acceptors (Lipinski definition) is 3. The van der Waals surface area contributed by atoms with Crippen LogP contribution < -0.4 is 4.90 Å². The van der Waals surface area contributed by atoms with Crippen LogP contribution in [0.5, 0.6) is 0 Å². The number of morpholine rings is 1. The topological polar surface area (TPSA) is 25.4 Å². The van der Waals surface area contributed by atoms with E-state index in [1.807, 2.05) is 6.20 Å². The van der Waals surface area contributed by atoms with E-state index in [2.05, 4.69) is 27.9 Å². The van der Waals surface area contributed by atoms with E-state index >= 15 is 0 Å². The van der Waals surface area contributed by atoms with Gasteiger partial charge in [-0.2, -0.15) is 0 Å². The average Bonchev–Trinajstić information content (AvgIpc) is 2.38. The minimum absolute atomic E-state index is 0.776. The van der Waals surface area contributed by atoms with Crippen LogP contribution in [0.15, 0.2) is 18.3 Å². The Bertz CT molecular complexity index is 361. The molecule has 0 bridgehead atoms. The molecule has 2 rings (SSSR count). The zero-order valence-electron chi connectivity index (χ0n) is 9.35. The first-order valence-corrected chi connectivity index (χ1v) is 5.61. The van der Waals surface area contributed by atoms with Gasteiger partial charge in [0.1, 0.15) is 5.82 Å². The van der Waals surface area contributed by atoms with E-state index in [9.17, 15) is 0 Å². The standard InChI is InChI=1S/C13H16N2O/c1-2-3-4-12-5-6-13(14-11-12)15-7-9-16-10-8-15/h1,5-6,11H,3-4,7-10H2. The van der Waals surface area contributed by atoms with Crippen LogP contribution in [0.25, 0.3) is 0 Å². The third kappa shape index (κ3) is 2.74. The van der Waals surface area contributed by atoms with Crippen molar-refractivity contribution in [2.24, 2.45) is 0 Å². The Kier molecular flexibility index (Phi) is 3.79. The zero-order chi connectivity index (χ0) is 11.2. The van der Waals surface area contributed by atoms with Crippen molar-refractivity contribution in [3.05, 3.63) is 23.9 Å². The van der Waals surface area contributed by atoms with Gasteiger partial charge >= 0.3 is 0 Å². The molecule has 0 amide bonds. The van der Waals surface area contributed by atoms with Crippen LogP contribution in [0.1, 0.15) is 12.0 Å². The molecule has 84 valence electrons. The number of rotatable bonds is 3. The van der Waals surface area contributed by atoms with Crippen molar-refractivity contribution in [3.8, 4) is 12.3 Å². The highest BCUT2D eigenvalue weighted by Gasteiger charge is 2.11. The van der Waals surface area contributed by atoms with Crippen molar-refractivity contribution in [2.75, 3.05) is 31.2 Å². The molecule has 3 heteroatoms. The molecular weight excluding hydrogens is 200 g/mol. The molecule has 0 radical (unpaired) electrons. The molecule has 16 heavy (non-hydrogen) atoms. The minimum Gasteiger partial charge on any atom is -0.378 e. The Morgan fingerprint density at radius 2 is 2.19 bits per heavy atom. The van der Waals surface area contributed by atoms with Gasteiger partial charge in [0.2, 0.25) is 0 Å². The second kappa shape index (κ2) is 5.53. The molecule has 1 fully saturated rings. The fourth-order valence-corrected chi connectivity index (χ4v) is 1.76. The number of aromatic nitrogens is 1. The highest BCUT2D eigenvalue weighted by atomic mass is 16.5. The van der Waals surface area contributed by atoms with Crippen LogP contribution in [0.4, 0.5) is 5.82 Å². The third-order valence-electron chi connectivity index (χ3n) is 2.70. The van der Waals surface area contributed by atoms with Gasteiger partial charge in [-0.15, -0.1) is 12.3 Å². The lowest BCUT2D eigenvalue weighted by Gasteiger charge is -2.27. The smallest absolute Gasteiger partial charge is 0.128 e. The fourth-order valence-electron chi connectivity index (χ4n) is 1.76. The maximum atomic E-state index is 5.31. The molecule has 0 N–H and O–H groups in total. The van der Waals surface area contributed by atoms with Gasteiger partial charge in [0.25, 0.3) is 0 Å². The summed E-state index contributed by atoms with van der Waals surface area (Å²) in [5, 5.41) is 0. The maximum Gasteiger partial charge on any atom is 0.128 e. The number of ether oxygens (including phenoxy) is 1. The summed E-state index contributed by atoms with van der Waals surface area (Å²) in [4.78, 5) is 6.70. The lowest BCUT2D eigenvalue weighted by molar-refractivity contribution is 0.122. The van der Waals surface area contributed by atoms with E-state index in [0.717, 1.165) is 45.0 Å². The van der Waals surface area contributed by atoms with E-state index in [1.54, 1.807) is 0 Å². The quantitative estimate of drug-likeness (QED) is 0.716. The van der Waals surface area contributed by atoms with E-state index in [1.165, 1.54) is 5.56 Å². The van der Waals surface area contributed by atoms with Gasteiger partial charge in [-0.1, -0.05) is 6.07 Å². The van der Waals surface area contributed by atoms with Crippen LogP contribution >= 0.6 is 0 Å². The van der Waals surface area contributed by atoms with Crippen LogP contribution in [0, 0.1) is 12.3 Å². The summed E-state index contributed by atoms with van der Waals surface area (Å²) < 4.78 is 5.31. The molecule has 1 aromatic rings. The Morgan fingerprint density at radius 3 is 2.81 bits per heavy atom. The van der Waals surface area contributed by atoms with Crippen molar-refractivity contribution in [2.45, 2.75) is 12.8 Å². The second-order valence-electron chi connectivity index (χ2n) is 3.83. The molecule has 0 aliphatic carbocycles. The molecule has 0 saturated carbocycles. The number of hydrogen-bond donors (Lipinski definition) is 0. The molecule has 2 heterocycles. The van der Waals surface area contributed by atoms with Gasteiger partial charge < -0.3 is 9.64 Å². The van der Waals surface area contributed by atoms with Crippen LogP contribution in [-0.4, -0.2) is 31.3 Å². The Hall–Kier alpha value is -1.53. The first-order chi connectivity index (χ1) is 7.90. The molecule has 1 aliphatic rings. The molecule has 1 saturated heterocycles. The molecule has 0 unspecified atom stereocenters.